The molecule has 0 bridgehead atoms. The zero-order valence-electron chi connectivity index (χ0n) is 13.9. The highest BCUT2D eigenvalue weighted by atomic mass is 32.2. The largest absolute Gasteiger partial charge is 0.417 e. The van der Waals surface area contributed by atoms with Crippen molar-refractivity contribution in [3.8, 4) is 0 Å². The molecule has 0 aliphatic carbocycles. The number of nitrogens with zero attached hydrogens (tertiary/aromatic N) is 2. The summed E-state index contributed by atoms with van der Waals surface area (Å²) in [5.74, 6) is 0.255. The average molecular weight is 374 g/mol. The van der Waals surface area contributed by atoms with Crippen LogP contribution in [0.25, 0.3) is 11.1 Å². The number of hydrogen-bond acceptors (Lipinski definition) is 6. The summed E-state index contributed by atoms with van der Waals surface area (Å²) in [5, 5.41) is 0. The van der Waals surface area contributed by atoms with E-state index in [-0.39, 0.29) is 11.4 Å². The Morgan fingerprint density at radius 2 is 2.00 bits per heavy atom. The number of hydrogen-bond donors (Lipinski definition) is 2. The lowest BCUT2D eigenvalue weighted by Crippen LogP contribution is -2.24. The van der Waals surface area contributed by atoms with E-state index in [2.05, 4.69) is 19.6 Å². The Kier molecular flexibility index (Phi) is 4.25. The number of fused-ring (bicyclic) bond motifs is 1. The lowest BCUT2D eigenvalue weighted by atomic mass is 10.2. The van der Waals surface area contributed by atoms with E-state index in [1.807, 2.05) is 6.07 Å². The summed E-state index contributed by atoms with van der Waals surface area (Å²) in [6.45, 7) is 2.11. The predicted octanol–water partition coefficient (Wildman–Crippen LogP) is 1.59. The number of oxazole rings is 1. The van der Waals surface area contributed by atoms with Crippen LogP contribution in [-0.4, -0.2) is 31.5 Å². The lowest BCUT2D eigenvalue weighted by Gasteiger charge is -2.17. The Labute approximate surface area is 149 Å². The molecule has 1 saturated heterocycles. The van der Waals surface area contributed by atoms with Gasteiger partial charge in [0.25, 0.3) is 0 Å². The van der Waals surface area contributed by atoms with Crippen LogP contribution in [0.3, 0.4) is 0 Å². The molecule has 3 aromatic rings. The third-order valence-electron chi connectivity index (χ3n) is 4.41. The van der Waals surface area contributed by atoms with Crippen LogP contribution >= 0.6 is 0 Å². The Morgan fingerprint density at radius 1 is 1.19 bits per heavy atom. The maximum absolute atomic E-state index is 12.5. The molecular formula is C17H18N4O4S. The van der Waals surface area contributed by atoms with Gasteiger partial charge in [-0.3, -0.25) is 4.98 Å². The van der Waals surface area contributed by atoms with Gasteiger partial charge in [-0.2, -0.15) is 0 Å². The predicted molar refractivity (Wildman–Crippen MR) is 96.5 cm³/mol. The van der Waals surface area contributed by atoms with Crippen molar-refractivity contribution >= 4 is 26.9 Å². The summed E-state index contributed by atoms with van der Waals surface area (Å²) in [4.78, 5) is 20.3. The van der Waals surface area contributed by atoms with Crippen LogP contribution < -0.4 is 15.4 Å². The van der Waals surface area contributed by atoms with Crippen LogP contribution in [0.1, 0.15) is 18.4 Å². The molecule has 0 amide bonds. The molecule has 0 unspecified atom stereocenters. The van der Waals surface area contributed by atoms with Crippen LogP contribution in [-0.2, 0) is 16.6 Å². The Morgan fingerprint density at radius 3 is 2.81 bits per heavy atom. The summed E-state index contributed by atoms with van der Waals surface area (Å²) < 4.78 is 32.5. The first-order valence-electron chi connectivity index (χ1n) is 8.34. The number of H-pyrrole nitrogens is 1. The second-order valence-corrected chi connectivity index (χ2v) is 7.98. The normalized spacial score (nSPS) is 15.0. The fraction of sp³-hybridized carbons (Fsp3) is 0.294. The van der Waals surface area contributed by atoms with Gasteiger partial charge in [0.1, 0.15) is 5.82 Å². The van der Waals surface area contributed by atoms with E-state index in [1.165, 1.54) is 18.2 Å². The van der Waals surface area contributed by atoms with Gasteiger partial charge in [0.05, 0.1) is 10.4 Å². The van der Waals surface area contributed by atoms with E-state index in [1.54, 1.807) is 12.3 Å². The van der Waals surface area contributed by atoms with Gasteiger partial charge in [-0.15, -0.1) is 0 Å². The molecule has 1 fully saturated rings. The number of aromatic amines is 1. The van der Waals surface area contributed by atoms with Crippen LogP contribution in [0.4, 0.5) is 5.82 Å². The van der Waals surface area contributed by atoms with Gasteiger partial charge in [-0.25, -0.2) is 22.9 Å². The number of nitrogens with one attached hydrogen (secondary N) is 2. The first kappa shape index (κ1) is 16.8. The van der Waals surface area contributed by atoms with Gasteiger partial charge in [0.15, 0.2) is 5.58 Å². The van der Waals surface area contributed by atoms with Gasteiger partial charge in [-0.05, 0) is 48.7 Å². The van der Waals surface area contributed by atoms with Gasteiger partial charge in [-0.1, -0.05) is 0 Å². The molecule has 2 N–H and O–H groups in total. The zero-order valence-corrected chi connectivity index (χ0v) is 14.8. The molecule has 3 heterocycles. The van der Waals surface area contributed by atoms with E-state index in [0.29, 0.717) is 11.1 Å². The van der Waals surface area contributed by atoms with Crippen LogP contribution in [0.5, 0.6) is 0 Å². The van der Waals surface area contributed by atoms with Crippen molar-refractivity contribution in [1.29, 1.82) is 0 Å². The molecule has 26 heavy (non-hydrogen) atoms. The molecule has 1 aliphatic rings. The molecular weight excluding hydrogens is 356 g/mol. The van der Waals surface area contributed by atoms with Crippen molar-refractivity contribution in [2.75, 3.05) is 18.0 Å². The van der Waals surface area contributed by atoms with E-state index >= 15 is 0 Å². The topological polar surface area (TPSA) is 108 Å². The Bertz CT molecular complexity index is 1100. The minimum absolute atomic E-state index is 0.0656. The minimum Gasteiger partial charge on any atom is -0.408 e. The molecule has 1 aliphatic heterocycles. The molecule has 0 spiro atoms. The molecule has 2 aromatic heterocycles. The average Bonchev–Trinajstić information content (AvgIpc) is 3.28. The molecule has 1 aromatic carbocycles. The molecule has 8 nitrogen and oxygen atoms in total. The highest BCUT2D eigenvalue weighted by molar-refractivity contribution is 7.89. The molecule has 136 valence electrons. The number of benzene rings is 1. The van der Waals surface area contributed by atoms with Crippen LogP contribution in [0, 0.1) is 0 Å². The maximum atomic E-state index is 12.5. The van der Waals surface area contributed by atoms with Gasteiger partial charge >= 0.3 is 5.76 Å². The summed E-state index contributed by atoms with van der Waals surface area (Å²) in [5.41, 5.74) is 1.50. The van der Waals surface area contributed by atoms with Crippen molar-refractivity contribution in [3.63, 3.8) is 0 Å². The third kappa shape index (κ3) is 3.35. The smallest absolute Gasteiger partial charge is 0.408 e. The maximum Gasteiger partial charge on any atom is 0.417 e. The number of pyridine rings is 1. The minimum atomic E-state index is -3.72. The van der Waals surface area contributed by atoms with E-state index in [0.717, 1.165) is 37.3 Å². The van der Waals surface area contributed by atoms with Crippen molar-refractivity contribution in [2.45, 2.75) is 24.3 Å². The van der Waals surface area contributed by atoms with Crippen LogP contribution in [0.2, 0.25) is 0 Å². The Hall–Kier alpha value is -2.65. The first-order valence-corrected chi connectivity index (χ1v) is 9.82. The number of aromatic nitrogens is 2. The number of rotatable bonds is 5. The van der Waals surface area contributed by atoms with Gasteiger partial charge in [0, 0.05) is 25.8 Å². The zero-order chi connectivity index (χ0) is 18.1. The summed E-state index contributed by atoms with van der Waals surface area (Å²) in [6.07, 6.45) is 3.99. The third-order valence-corrected chi connectivity index (χ3v) is 5.81. The summed E-state index contributed by atoms with van der Waals surface area (Å²) >= 11 is 0. The fourth-order valence-corrected chi connectivity index (χ4v) is 4.09. The number of sulfonamides is 1. The summed E-state index contributed by atoms with van der Waals surface area (Å²) in [6, 6.07) is 7.94. The molecule has 0 saturated carbocycles. The highest BCUT2D eigenvalue weighted by Crippen LogP contribution is 2.20. The second-order valence-electron chi connectivity index (χ2n) is 6.21. The highest BCUT2D eigenvalue weighted by Gasteiger charge is 2.17. The van der Waals surface area contributed by atoms with E-state index in [4.69, 9.17) is 4.42 Å². The van der Waals surface area contributed by atoms with Crippen molar-refractivity contribution in [1.82, 2.24) is 14.7 Å². The second kappa shape index (κ2) is 6.58. The standard InChI is InChI=1S/C17H18N4O4S/c22-17-20-14-10-13(3-4-15(14)25-17)26(23,24)19-11-12-5-6-18-16(9-12)21-7-1-2-8-21/h3-6,9-10,19H,1-2,7-8,11H2,(H,20,22). The molecule has 0 radical (unpaired) electrons. The van der Waals surface area contributed by atoms with Crippen LogP contribution in [0.15, 0.2) is 50.6 Å². The van der Waals surface area contributed by atoms with Gasteiger partial charge in [0.2, 0.25) is 10.0 Å². The monoisotopic (exact) mass is 374 g/mol. The fourth-order valence-electron chi connectivity index (χ4n) is 3.05. The van der Waals surface area contributed by atoms with Crippen molar-refractivity contribution < 1.29 is 12.8 Å². The van der Waals surface area contributed by atoms with Gasteiger partial charge < -0.3 is 9.32 Å². The number of anilines is 1. The van der Waals surface area contributed by atoms with Crippen molar-refractivity contribution in [3.05, 3.63) is 52.6 Å². The Balaban J connectivity index is 1.52. The molecule has 9 heteroatoms. The lowest BCUT2D eigenvalue weighted by molar-refractivity contribution is 0.555. The summed E-state index contributed by atoms with van der Waals surface area (Å²) in [7, 11) is -3.72. The molecule has 0 atom stereocenters. The van der Waals surface area contributed by atoms with Crippen molar-refractivity contribution in [2.24, 2.45) is 0 Å². The first-order chi connectivity index (χ1) is 12.5. The quantitative estimate of drug-likeness (QED) is 0.702. The van der Waals surface area contributed by atoms with E-state index < -0.39 is 15.8 Å². The molecule has 4 rings (SSSR count). The SMILES string of the molecule is O=c1[nH]c2cc(S(=O)(=O)NCc3ccnc(N4CCCC4)c3)ccc2o1. The van der Waals surface area contributed by atoms with E-state index in [9.17, 15) is 13.2 Å².